The first-order valence-corrected chi connectivity index (χ1v) is 7.73. The van der Waals surface area contributed by atoms with Crippen LogP contribution in [-0.2, 0) is 4.79 Å². The van der Waals surface area contributed by atoms with Gasteiger partial charge in [-0.15, -0.1) is 0 Å². The molecule has 0 atom stereocenters. The lowest BCUT2D eigenvalue weighted by Crippen LogP contribution is -2.50. The smallest absolute Gasteiger partial charge is 0.274 e. The number of rotatable bonds is 5. The summed E-state index contributed by atoms with van der Waals surface area (Å²) in [7, 11) is 4.00. The minimum atomic E-state index is -0.138. The normalized spacial score (nSPS) is 15.0. The van der Waals surface area contributed by atoms with Crippen molar-refractivity contribution >= 4 is 17.6 Å². The number of nitrogens with one attached hydrogen (secondary N) is 1. The Balaban J connectivity index is 1.87. The summed E-state index contributed by atoms with van der Waals surface area (Å²) in [6, 6.07) is 0. The summed E-state index contributed by atoms with van der Waals surface area (Å²) in [5, 5.41) is 3.16. The molecule has 2 amide bonds. The molecule has 1 fully saturated rings. The van der Waals surface area contributed by atoms with Gasteiger partial charge in [-0.2, -0.15) is 0 Å². The maximum atomic E-state index is 12.4. The second kappa shape index (κ2) is 7.87. The number of hydrogen-bond donors (Lipinski definition) is 1. The van der Waals surface area contributed by atoms with Gasteiger partial charge in [0.15, 0.2) is 0 Å². The van der Waals surface area contributed by atoms with E-state index in [2.05, 4.69) is 20.2 Å². The number of likely N-dealkylation sites (N-methyl/N-ethyl adjacent to an activating group) is 1. The maximum Gasteiger partial charge on any atom is 0.274 e. The van der Waals surface area contributed by atoms with E-state index < -0.39 is 0 Å². The third kappa shape index (κ3) is 4.88. The Morgan fingerprint density at radius 2 is 1.78 bits per heavy atom. The molecule has 0 bridgehead atoms. The molecule has 1 N–H and O–H groups in total. The lowest BCUT2D eigenvalue weighted by Gasteiger charge is -2.33. The van der Waals surface area contributed by atoms with Crippen LogP contribution < -0.4 is 5.32 Å². The van der Waals surface area contributed by atoms with Crippen molar-refractivity contribution in [2.24, 2.45) is 0 Å². The van der Waals surface area contributed by atoms with E-state index in [4.69, 9.17) is 0 Å². The second-order valence-electron chi connectivity index (χ2n) is 5.82. The van der Waals surface area contributed by atoms with Crippen LogP contribution in [0.3, 0.4) is 0 Å². The van der Waals surface area contributed by atoms with Gasteiger partial charge in [0, 0.05) is 46.2 Å². The van der Waals surface area contributed by atoms with Gasteiger partial charge < -0.3 is 20.0 Å². The molecule has 2 rings (SSSR count). The summed E-state index contributed by atoms with van der Waals surface area (Å²) in [5.41, 5.74) is 0.333. The van der Waals surface area contributed by atoms with Crippen LogP contribution in [0, 0.1) is 0 Å². The minimum Gasteiger partial charge on any atom is -0.368 e. The quantitative estimate of drug-likeness (QED) is 0.806. The Labute approximate surface area is 136 Å². The molecule has 0 aromatic carbocycles. The molecule has 0 saturated carbocycles. The summed E-state index contributed by atoms with van der Waals surface area (Å²) >= 11 is 0. The van der Waals surface area contributed by atoms with Gasteiger partial charge >= 0.3 is 0 Å². The summed E-state index contributed by atoms with van der Waals surface area (Å²) in [6.07, 6.45) is 3.08. The Bertz CT molecular complexity index is 537. The highest BCUT2D eigenvalue weighted by Gasteiger charge is 2.24. The first-order chi connectivity index (χ1) is 11.0. The number of aromatic nitrogens is 2. The van der Waals surface area contributed by atoms with Crippen molar-refractivity contribution in [3.05, 3.63) is 18.1 Å². The van der Waals surface area contributed by atoms with Gasteiger partial charge in [0.1, 0.15) is 11.5 Å². The number of carbonyl (C=O) groups excluding carboxylic acids is 2. The Hall–Kier alpha value is -2.22. The number of piperazine rings is 1. The van der Waals surface area contributed by atoms with Crippen molar-refractivity contribution in [2.45, 2.75) is 6.92 Å². The number of anilines is 1. The largest absolute Gasteiger partial charge is 0.368 e. The average Bonchev–Trinajstić information content (AvgIpc) is 2.54. The van der Waals surface area contributed by atoms with Crippen molar-refractivity contribution in [2.75, 3.05) is 58.7 Å². The SMILES string of the molecule is CC(=O)N1CCN(C(=O)c2cnc(NCCN(C)C)cn2)CC1. The lowest BCUT2D eigenvalue weighted by atomic mass is 10.3. The molecule has 1 aromatic heterocycles. The van der Waals surface area contributed by atoms with Crippen LogP contribution in [0.1, 0.15) is 17.4 Å². The van der Waals surface area contributed by atoms with E-state index in [0.717, 1.165) is 13.1 Å². The monoisotopic (exact) mass is 320 g/mol. The molecular weight excluding hydrogens is 296 g/mol. The van der Waals surface area contributed by atoms with Gasteiger partial charge in [-0.25, -0.2) is 9.97 Å². The summed E-state index contributed by atoms with van der Waals surface area (Å²) < 4.78 is 0. The Morgan fingerprint density at radius 3 is 2.30 bits per heavy atom. The molecule has 2 heterocycles. The highest BCUT2D eigenvalue weighted by Crippen LogP contribution is 2.08. The van der Waals surface area contributed by atoms with E-state index in [1.165, 1.54) is 6.20 Å². The van der Waals surface area contributed by atoms with E-state index in [0.29, 0.717) is 37.7 Å². The molecule has 0 spiro atoms. The van der Waals surface area contributed by atoms with E-state index in [9.17, 15) is 9.59 Å². The minimum absolute atomic E-state index is 0.0463. The van der Waals surface area contributed by atoms with Crippen LogP contribution in [0.15, 0.2) is 12.4 Å². The molecule has 1 saturated heterocycles. The fourth-order valence-electron chi connectivity index (χ4n) is 2.32. The molecule has 1 aliphatic heterocycles. The molecule has 126 valence electrons. The average molecular weight is 320 g/mol. The fraction of sp³-hybridized carbons (Fsp3) is 0.600. The van der Waals surface area contributed by atoms with Gasteiger partial charge in [-0.1, -0.05) is 0 Å². The Morgan fingerprint density at radius 1 is 1.13 bits per heavy atom. The molecule has 1 aliphatic rings. The predicted molar refractivity (Wildman–Crippen MR) is 87.2 cm³/mol. The number of amides is 2. The van der Waals surface area contributed by atoms with Gasteiger partial charge in [0.2, 0.25) is 5.91 Å². The highest BCUT2D eigenvalue weighted by molar-refractivity contribution is 5.92. The fourth-order valence-corrected chi connectivity index (χ4v) is 2.32. The van der Waals surface area contributed by atoms with Crippen LogP contribution in [0.5, 0.6) is 0 Å². The molecule has 8 heteroatoms. The van der Waals surface area contributed by atoms with E-state index in [-0.39, 0.29) is 11.8 Å². The molecule has 0 radical (unpaired) electrons. The summed E-state index contributed by atoms with van der Waals surface area (Å²) in [5.74, 6) is 0.565. The van der Waals surface area contributed by atoms with E-state index >= 15 is 0 Å². The molecule has 0 aliphatic carbocycles. The van der Waals surface area contributed by atoms with Crippen LogP contribution in [0.2, 0.25) is 0 Å². The predicted octanol–water partition coefficient (Wildman–Crippen LogP) is -0.246. The third-order valence-electron chi connectivity index (χ3n) is 3.75. The lowest BCUT2D eigenvalue weighted by molar-refractivity contribution is -0.130. The molecule has 1 aromatic rings. The van der Waals surface area contributed by atoms with Crippen LogP contribution >= 0.6 is 0 Å². The van der Waals surface area contributed by atoms with E-state index in [1.807, 2.05) is 14.1 Å². The first-order valence-electron chi connectivity index (χ1n) is 7.73. The molecular formula is C15H24N6O2. The van der Waals surface area contributed by atoms with Crippen LogP contribution in [-0.4, -0.2) is 89.8 Å². The van der Waals surface area contributed by atoms with Crippen LogP contribution in [0.25, 0.3) is 0 Å². The Kier molecular flexibility index (Phi) is 5.86. The highest BCUT2D eigenvalue weighted by atomic mass is 16.2. The number of nitrogens with zero attached hydrogens (tertiary/aromatic N) is 5. The zero-order chi connectivity index (χ0) is 16.8. The maximum absolute atomic E-state index is 12.4. The summed E-state index contributed by atoms with van der Waals surface area (Å²) in [6.45, 7) is 5.40. The van der Waals surface area contributed by atoms with Crippen molar-refractivity contribution in [3.8, 4) is 0 Å². The van der Waals surface area contributed by atoms with Crippen LogP contribution in [0.4, 0.5) is 5.82 Å². The van der Waals surface area contributed by atoms with Gasteiger partial charge in [-0.3, -0.25) is 9.59 Å². The number of hydrogen-bond acceptors (Lipinski definition) is 6. The van der Waals surface area contributed by atoms with Crippen molar-refractivity contribution in [1.82, 2.24) is 24.7 Å². The molecule has 8 nitrogen and oxygen atoms in total. The van der Waals surface area contributed by atoms with Crippen molar-refractivity contribution in [3.63, 3.8) is 0 Å². The summed E-state index contributed by atoms with van der Waals surface area (Å²) in [4.78, 5) is 37.6. The van der Waals surface area contributed by atoms with Crippen molar-refractivity contribution in [1.29, 1.82) is 0 Å². The zero-order valence-electron chi connectivity index (χ0n) is 13.9. The number of carbonyl (C=O) groups is 2. The van der Waals surface area contributed by atoms with Gasteiger partial charge in [0.25, 0.3) is 5.91 Å². The first kappa shape index (κ1) is 17.1. The topological polar surface area (TPSA) is 81.7 Å². The molecule has 23 heavy (non-hydrogen) atoms. The second-order valence-corrected chi connectivity index (χ2v) is 5.82. The third-order valence-corrected chi connectivity index (χ3v) is 3.75. The molecule has 0 unspecified atom stereocenters. The standard InChI is InChI=1S/C15H24N6O2/c1-12(22)20-6-8-21(9-7-20)15(23)13-10-18-14(11-17-13)16-4-5-19(2)3/h10-11H,4-9H2,1-3H3,(H,16,18). The van der Waals surface area contributed by atoms with Gasteiger partial charge in [0.05, 0.1) is 12.4 Å². The zero-order valence-corrected chi connectivity index (χ0v) is 13.9. The van der Waals surface area contributed by atoms with Crippen molar-refractivity contribution < 1.29 is 9.59 Å². The van der Waals surface area contributed by atoms with E-state index in [1.54, 1.807) is 22.9 Å². The van der Waals surface area contributed by atoms with Gasteiger partial charge in [-0.05, 0) is 14.1 Å².